The van der Waals surface area contributed by atoms with Gasteiger partial charge in [0, 0.05) is 4.90 Å². The van der Waals surface area contributed by atoms with Crippen molar-refractivity contribution in [3.63, 3.8) is 0 Å². The molecule has 0 N–H and O–H groups in total. The Bertz CT molecular complexity index is 251. The largest absolute Gasteiger partial charge is 0.488 e. The van der Waals surface area contributed by atoms with Crippen LogP contribution in [0.4, 0.5) is 4.70 Å². The maximum absolute atomic E-state index is 5.62. The summed E-state index contributed by atoms with van der Waals surface area (Å²) in [6.07, 6.45) is 0. The third-order valence-electron chi connectivity index (χ3n) is 1.26. The van der Waals surface area contributed by atoms with Crippen molar-refractivity contribution in [1.82, 2.24) is 0 Å². The van der Waals surface area contributed by atoms with Crippen LogP contribution in [0, 0.1) is 0 Å². The molecule has 0 heterocycles. The van der Waals surface area contributed by atoms with Gasteiger partial charge in [-0.25, -0.2) is 0 Å². The minimum Gasteiger partial charge on any atom is -0.488 e. The molecule has 0 aliphatic heterocycles. The smallest absolute Gasteiger partial charge is 0.120 e. The fraction of sp³-hybridized carbons (Fsp3) is 0.400. The molecule has 13 heavy (non-hydrogen) atoms. The molecule has 0 spiro atoms. The lowest BCUT2D eigenvalue weighted by atomic mass is 10.2. The minimum atomic E-state index is -0.127. The van der Waals surface area contributed by atoms with Crippen molar-refractivity contribution >= 4 is 12.6 Å². The van der Waals surface area contributed by atoms with Crippen molar-refractivity contribution in [2.75, 3.05) is 0 Å². The molecule has 0 aliphatic rings. The monoisotopic (exact) mass is 202 g/mol. The summed E-state index contributed by atoms with van der Waals surface area (Å²) in [5.41, 5.74) is -0.127. The van der Waals surface area contributed by atoms with Gasteiger partial charge in [0.05, 0.1) is 0 Å². The zero-order chi connectivity index (χ0) is 9.19. The fourth-order valence-corrected chi connectivity index (χ4v) is 1.02. The Labute approximate surface area is 83.9 Å². The number of hydrogen-bond acceptors (Lipinski definition) is 2. The Balaban J connectivity index is 0.00000144. The van der Waals surface area contributed by atoms with E-state index in [-0.39, 0.29) is 10.3 Å². The summed E-state index contributed by atoms with van der Waals surface area (Å²) in [5.74, 6) is 0.889. The lowest BCUT2D eigenvalue weighted by Crippen LogP contribution is -2.22. The van der Waals surface area contributed by atoms with E-state index in [1.807, 2.05) is 45.0 Å². The quantitative estimate of drug-likeness (QED) is 0.687. The maximum Gasteiger partial charge on any atom is 0.120 e. The summed E-state index contributed by atoms with van der Waals surface area (Å²) in [6.45, 7) is 6.09. The molecule has 74 valence electrons. The first kappa shape index (κ1) is 12.3. The average molecular weight is 202 g/mol. The normalized spacial score (nSPS) is 10.5. The third kappa shape index (κ3) is 4.78. The molecular weight excluding hydrogens is 187 g/mol. The summed E-state index contributed by atoms with van der Waals surface area (Å²) in [4.78, 5) is 0.955. The summed E-state index contributed by atoms with van der Waals surface area (Å²) in [5, 5.41) is 0. The molecule has 1 nitrogen and oxygen atoms in total. The number of rotatable bonds is 1. The van der Waals surface area contributed by atoms with E-state index in [4.69, 9.17) is 4.74 Å². The second kappa shape index (κ2) is 4.51. The number of ether oxygens (including phenoxy) is 1. The highest BCUT2D eigenvalue weighted by Gasteiger charge is 2.10. The first-order valence-corrected chi connectivity index (χ1v) is 4.40. The topological polar surface area (TPSA) is 9.23 Å². The van der Waals surface area contributed by atoms with Crippen LogP contribution in [-0.2, 0) is 0 Å². The Kier molecular flexibility index (Phi) is 4.27. The minimum absolute atomic E-state index is 0. The van der Waals surface area contributed by atoms with Crippen LogP contribution in [0.1, 0.15) is 20.8 Å². The predicted octanol–water partition coefficient (Wildman–Crippen LogP) is 3.31. The highest BCUT2D eigenvalue weighted by molar-refractivity contribution is 7.80. The van der Waals surface area contributed by atoms with Crippen molar-refractivity contribution < 1.29 is 9.44 Å². The molecule has 3 heteroatoms. The van der Waals surface area contributed by atoms with Gasteiger partial charge in [0.1, 0.15) is 11.4 Å². The van der Waals surface area contributed by atoms with E-state index in [0.717, 1.165) is 10.6 Å². The van der Waals surface area contributed by atoms with Gasteiger partial charge >= 0.3 is 0 Å². The van der Waals surface area contributed by atoms with Crippen molar-refractivity contribution in [2.45, 2.75) is 31.3 Å². The van der Waals surface area contributed by atoms with E-state index >= 15 is 0 Å². The standard InChI is InChI=1S/C10H14OS.FH/c1-10(2,3)11-8-4-6-9(12)7-5-8;/h4-7,12H,1-3H3;1H. The van der Waals surface area contributed by atoms with Crippen LogP contribution in [-0.4, -0.2) is 5.60 Å². The summed E-state index contributed by atoms with van der Waals surface area (Å²) in [7, 11) is 0. The first-order chi connectivity index (χ1) is 5.47. The van der Waals surface area contributed by atoms with E-state index in [1.54, 1.807) is 0 Å². The Hall–Kier alpha value is -0.700. The molecule has 0 aliphatic carbocycles. The van der Waals surface area contributed by atoms with Gasteiger partial charge in [-0.05, 0) is 45.0 Å². The van der Waals surface area contributed by atoms with Crippen LogP contribution in [0.2, 0.25) is 0 Å². The number of halogens is 1. The SMILES string of the molecule is CC(C)(C)Oc1ccc(S)cc1.F. The molecule has 0 saturated heterocycles. The molecular formula is C10H15FOS. The second-order valence-electron chi connectivity index (χ2n) is 3.71. The first-order valence-electron chi connectivity index (χ1n) is 3.95. The van der Waals surface area contributed by atoms with Gasteiger partial charge in [-0.15, -0.1) is 12.6 Å². The van der Waals surface area contributed by atoms with Gasteiger partial charge in [0.2, 0.25) is 0 Å². The van der Waals surface area contributed by atoms with E-state index < -0.39 is 0 Å². The molecule has 0 bridgehead atoms. The van der Waals surface area contributed by atoms with Crippen molar-refractivity contribution in [3.8, 4) is 5.75 Å². The summed E-state index contributed by atoms with van der Waals surface area (Å²) in [6, 6.07) is 7.69. The maximum atomic E-state index is 5.62. The predicted molar refractivity (Wildman–Crippen MR) is 56.6 cm³/mol. The molecule has 1 rings (SSSR count). The molecule has 0 radical (unpaired) electrons. The lowest BCUT2D eigenvalue weighted by molar-refractivity contribution is 0.131. The van der Waals surface area contributed by atoms with Gasteiger partial charge in [0.15, 0.2) is 0 Å². The zero-order valence-electron chi connectivity index (χ0n) is 8.07. The Morgan fingerprint density at radius 3 is 1.92 bits per heavy atom. The highest BCUT2D eigenvalue weighted by atomic mass is 32.1. The molecule has 0 atom stereocenters. The van der Waals surface area contributed by atoms with E-state index in [2.05, 4.69) is 12.6 Å². The van der Waals surface area contributed by atoms with E-state index in [1.165, 1.54) is 0 Å². The van der Waals surface area contributed by atoms with Crippen LogP contribution in [0.15, 0.2) is 29.2 Å². The van der Waals surface area contributed by atoms with Gasteiger partial charge in [-0.2, -0.15) is 0 Å². The highest BCUT2D eigenvalue weighted by Crippen LogP contribution is 2.19. The summed E-state index contributed by atoms with van der Waals surface area (Å²) >= 11 is 4.19. The zero-order valence-corrected chi connectivity index (χ0v) is 8.97. The summed E-state index contributed by atoms with van der Waals surface area (Å²) < 4.78 is 5.62. The fourth-order valence-electron chi connectivity index (χ4n) is 0.868. The van der Waals surface area contributed by atoms with Crippen molar-refractivity contribution in [1.29, 1.82) is 0 Å². The molecule has 1 aromatic carbocycles. The lowest BCUT2D eigenvalue weighted by Gasteiger charge is -2.21. The molecule has 0 fully saturated rings. The Morgan fingerprint density at radius 2 is 1.54 bits per heavy atom. The van der Waals surface area contributed by atoms with Gasteiger partial charge < -0.3 is 4.74 Å². The second-order valence-corrected chi connectivity index (χ2v) is 4.22. The molecule has 0 saturated carbocycles. The average Bonchev–Trinajstić information content (AvgIpc) is 1.91. The van der Waals surface area contributed by atoms with Crippen molar-refractivity contribution in [2.24, 2.45) is 0 Å². The molecule has 0 amide bonds. The van der Waals surface area contributed by atoms with E-state index in [9.17, 15) is 0 Å². The molecule has 1 aromatic rings. The molecule has 0 unspecified atom stereocenters. The van der Waals surface area contributed by atoms with E-state index in [0.29, 0.717) is 0 Å². The third-order valence-corrected chi connectivity index (χ3v) is 1.56. The van der Waals surface area contributed by atoms with Crippen molar-refractivity contribution in [3.05, 3.63) is 24.3 Å². The van der Waals surface area contributed by atoms with Gasteiger partial charge in [0.25, 0.3) is 0 Å². The van der Waals surface area contributed by atoms with Gasteiger partial charge in [-0.1, -0.05) is 0 Å². The molecule has 0 aromatic heterocycles. The van der Waals surface area contributed by atoms with Crippen LogP contribution in [0.25, 0.3) is 0 Å². The van der Waals surface area contributed by atoms with Gasteiger partial charge in [-0.3, -0.25) is 4.70 Å². The van der Waals surface area contributed by atoms with Crippen LogP contribution >= 0.6 is 12.6 Å². The van der Waals surface area contributed by atoms with Crippen LogP contribution in [0.5, 0.6) is 5.75 Å². The Morgan fingerprint density at radius 1 is 1.08 bits per heavy atom. The number of thiol groups is 1. The van der Waals surface area contributed by atoms with Crippen LogP contribution in [0.3, 0.4) is 0 Å². The number of hydrogen-bond donors (Lipinski definition) is 1. The van der Waals surface area contributed by atoms with Crippen LogP contribution < -0.4 is 4.74 Å². The number of benzene rings is 1.